The lowest BCUT2D eigenvalue weighted by molar-refractivity contribution is -0.138. The zero-order chi connectivity index (χ0) is 21.2. The van der Waals surface area contributed by atoms with Crippen LogP contribution in [0.4, 0.5) is 0 Å². The predicted octanol–water partition coefficient (Wildman–Crippen LogP) is 4.04. The number of hydrogen-bond donors (Lipinski definition) is 1. The third-order valence-corrected chi connectivity index (χ3v) is 5.58. The monoisotopic (exact) mass is 414 g/mol. The molecule has 1 unspecified atom stereocenters. The molecule has 5 nitrogen and oxygen atoms in total. The van der Waals surface area contributed by atoms with E-state index in [9.17, 15) is 9.59 Å². The van der Waals surface area contributed by atoms with Gasteiger partial charge in [-0.05, 0) is 50.1 Å². The molecule has 2 aromatic rings. The number of hydrogen-bond acceptors (Lipinski definition) is 4. The van der Waals surface area contributed by atoms with Crippen LogP contribution >= 0.6 is 11.8 Å². The lowest BCUT2D eigenvalue weighted by Crippen LogP contribution is -2.48. The van der Waals surface area contributed by atoms with Crippen LogP contribution in [-0.4, -0.2) is 42.2 Å². The molecule has 156 valence electrons. The Morgan fingerprint density at radius 1 is 1.17 bits per heavy atom. The maximum absolute atomic E-state index is 13.1. The second-order valence-corrected chi connectivity index (χ2v) is 7.99. The number of aryl methyl sites for hydroxylation is 1. The van der Waals surface area contributed by atoms with Gasteiger partial charge in [0.05, 0.1) is 12.9 Å². The molecule has 0 aromatic heterocycles. The molecule has 0 saturated heterocycles. The summed E-state index contributed by atoms with van der Waals surface area (Å²) >= 11 is 1.48. The van der Waals surface area contributed by atoms with E-state index in [1.165, 1.54) is 17.3 Å². The van der Waals surface area contributed by atoms with Crippen LogP contribution in [0.15, 0.2) is 53.4 Å². The van der Waals surface area contributed by atoms with Gasteiger partial charge in [0, 0.05) is 18.0 Å². The second-order valence-electron chi connectivity index (χ2n) is 6.94. The number of carbonyl (C=O) groups excluding carboxylic acids is 2. The van der Waals surface area contributed by atoms with Crippen LogP contribution < -0.4 is 10.1 Å². The van der Waals surface area contributed by atoms with Gasteiger partial charge in [-0.15, -0.1) is 11.8 Å². The molecule has 2 amide bonds. The van der Waals surface area contributed by atoms with Crippen molar-refractivity contribution in [3.63, 3.8) is 0 Å². The highest BCUT2D eigenvalue weighted by Gasteiger charge is 2.26. The minimum Gasteiger partial charge on any atom is -0.497 e. The van der Waals surface area contributed by atoms with Gasteiger partial charge in [0.25, 0.3) is 0 Å². The average molecular weight is 415 g/mol. The van der Waals surface area contributed by atoms with Gasteiger partial charge in [0.2, 0.25) is 11.8 Å². The zero-order valence-corrected chi connectivity index (χ0v) is 18.4. The number of nitrogens with one attached hydrogen (secondary N) is 1. The van der Waals surface area contributed by atoms with E-state index in [0.29, 0.717) is 13.1 Å². The summed E-state index contributed by atoms with van der Waals surface area (Å²) in [6, 6.07) is 15.1. The van der Waals surface area contributed by atoms with Gasteiger partial charge in [0.1, 0.15) is 11.8 Å². The average Bonchev–Trinajstić information content (AvgIpc) is 2.74. The number of amides is 2. The first kappa shape index (κ1) is 22.8. The van der Waals surface area contributed by atoms with E-state index in [-0.39, 0.29) is 17.6 Å². The summed E-state index contributed by atoms with van der Waals surface area (Å²) < 4.78 is 5.29. The minimum atomic E-state index is -0.557. The van der Waals surface area contributed by atoms with E-state index >= 15 is 0 Å². The quantitative estimate of drug-likeness (QED) is 0.596. The van der Waals surface area contributed by atoms with Gasteiger partial charge in [-0.1, -0.05) is 36.8 Å². The van der Waals surface area contributed by atoms with Crippen molar-refractivity contribution in [1.82, 2.24) is 10.2 Å². The Morgan fingerprint density at radius 2 is 1.90 bits per heavy atom. The summed E-state index contributed by atoms with van der Waals surface area (Å²) in [7, 11) is 1.61. The SMILES string of the molecule is CCCNC(=O)C(C)N(Cc1cccc(OC)c1)C(=O)CSc1ccc(C)cc1. The maximum atomic E-state index is 13.1. The Kier molecular flexibility index (Phi) is 9.06. The Hall–Kier alpha value is -2.47. The topological polar surface area (TPSA) is 58.6 Å². The molecule has 6 heteroatoms. The number of carbonyl (C=O) groups is 2. The van der Waals surface area contributed by atoms with Gasteiger partial charge in [0.15, 0.2) is 0 Å². The van der Waals surface area contributed by atoms with Gasteiger partial charge in [-0.3, -0.25) is 9.59 Å². The van der Waals surface area contributed by atoms with Crippen LogP contribution in [0.1, 0.15) is 31.4 Å². The largest absolute Gasteiger partial charge is 0.497 e. The van der Waals surface area contributed by atoms with Crippen molar-refractivity contribution in [2.75, 3.05) is 19.4 Å². The van der Waals surface area contributed by atoms with Gasteiger partial charge in [-0.25, -0.2) is 0 Å². The third kappa shape index (κ3) is 7.13. The number of nitrogens with zero attached hydrogens (tertiary/aromatic N) is 1. The molecule has 0 spiro atoms. The summed E-state index contributed by atoms with van der Waals surface area (Å²) in [4.78, 5) is 28.3. The van der Waals surface area contributed by atoms with Gasteiger partial charge in [-0.2, -0.15) is 0 Å². The summed E-state index contributed by atoms with van der Waals surface area (Å²) in [5.74, 6) is 0.798. The Morgan fingerprint density at radius 3 is 2.55 bits per heavy atom. The minimum absolute atomic E-state index is 0.0717. The summed E-state index contributed by atoms with van der Waals surface area (Å²) in [6.45, 7) is 6.77. The lowest BCUT2D eigenvalue weighted by atomic mass is 10.1. The number of thioether (sulfide) groups is 1. The van der Waals surface area contributed by atoms with Crippen LogP contribution in [0.3, 0.4) is 0 Å². The highest BCUT2D eigenvalue weighted by Crippen LogP contribution is 2.21. The van der Waals surface area contributed by atoms with Crippen LogP contribution in [0, 0.1) is 6.92 Å². The molecular weight excluding hydrogens is 384 g/mol. The van der Waals surface area contributed by atoms with Crippen LogP contribution in [0.25, 0.3) is 0 Å². The lowest BCUT2D eigenvalue weighted by Gasteiger charge is -2.29. The molecule has 2 aromatic carbocycles. The van der Waals surface area contributed by atoms with Crippen LogP contribution in [0.5, 0.6) is 5.75 Å². The number of benzene rings is 2. The van der Waals surface area contributed by atoms with E-state index < -0.39 is 6.04 Å². The first-order chi connectivity index (χ1) is 13.9. The van der Waals surface area contributed by atoms with Crippen molar-refractivity contribution in [2.45, 2.75) is 44.7 Å². The van der Waals surface area contributed by atoms with Crippen molar-refractivity contribution in [1.29, 1.82) is 0 Å². The predicted molar refractivity (Wildman–Crippen MR) is 118 cm³/mol. The molecule has 0 heterocycles. The standard InChI is InChI=1S/C23H30N2O3S/c1-5-13-24-23(27)18(3)25(15-19-7-6-8-20(14-19)28-4)22(26)16-29-21-11-9-17(2)10-12-21/h6-12,14,18H,5,13,15-16H2,1-4H3,(H,24,27). The Labute approximate surface area is 177 Å². The zero-order valence-electron chi connectivity index (χ0n) is 17.6. The fourth-order valence-electron chi connectivity index (χ4n) is 2.81. The number of methoxy groups -OCH3 is 1. The molecule has 1 atom stereocenters. The van der Waals surface area contributed by atoms with Crippen LogP contribution in [-0.2, 0) is 16.1 Å². The highest BCUT2D eigenvalue weighted by molar-refractivity contribution is 8.00. The van der Waals surface area contributed by atoms with E-state index in [4.69, 9.17) is 4.74 Å². The van der Waals surface area contributed by atoms with Gasteiger partial charge < -0.3 is 15.0 Å². The van der Waals surface area contributed by atoms with E-state index in [1.807, 2.05) is 62.4 Å². The van der Waals surface area contributed by atoms with Crippen molar-refractivity contribution < 1.29 is 14.3 Å². The smallest absolute Gasteiger partial charge is 0.242 e. The summed E-state index contributed by atoms with van der Waals surface area (Å²) in [5.41, 5.74) is 2.11. The molecule has 0 bridgehead atoms. The number of ether oxygens (including phenoxy) is 1. The van der Waals surface area contributed by atoms with Crippen molar-refractivity contribution in [3.05, 3.63) is 59.7 Å². The fraction of sp³-hybridized carbons (Fsp3) is 0.391. The van der Waals surface area contributed by atoms with Crippen molar-refractivity contribution in [2.24, 2.45) is 0 Å². The molecular formula is C23H30N2O3S. The third-order valence-electron chi connectivity index (χ3n) is 4.59. The molecule has 0 aliphatic carbocycles. The summed E-state index contributed by atoms with van der Waals surface area (Å²) in [6.07, 6.45) is 0.853. The molecule has 0 fully saturated rings. The first-order valence-electron chi connectivity index (χ1n) is 9.84. The van der Waals surface area contributed by atoms with E-state index in [2.05, 4.69) is 5.32 Å². The first-order valence-corrected chi connectivity index (χ1v) is 10.8. The molecule has 1 N–H and O–H groups in total. The molecule has 0 radical (unpaired) electrons. The van der Waals surface area contributed by atoms with Gasteiger partial charge >= 0.3 is 0 Å². The maximum Gasteiger partial charge on any atom is 0.242 e. The van der Waals surface area contributed by atoms with Crippen molar-refractivity contribution in [3.8, 4) is 5.75 Å². The molecule has 0 aliphatic rings. The Bertz CT molecular complexity index is 808. The van der Waals surface area contributed by atoms with Crippen molar-refractivity contribution >= 4 is 23.6 Å². The van der Waals surface area contributed by atoms with E-state index in [0.717, 1.165) is 22.6 Å². The molecule has 0 aliphatic heterocycles. The highest BCUT2D eigenvalue weighted by atomic mass is 32.2. The summed E-state index contributed by atoms with van der Waals surface area (Å²) in [5, 5.41) is 2.89. The van der Waals surface area contributed by atoms with E-state index in [1.54, 1.807) is 18.9 Å². The van der Waals surface area contributed by atoms with Crippen LogP contribution in [0.2, 0.25) is 0 Å². The number of rotatable bonds is 10. The molecule has 2 rings (SSSR count). The fourth-order valence-corrected chi connectivity index (χ4v) is 3.59. The molecule has 0 saturated carbocycles. The molecule has 29 heavy (non-hydrogen) atoms. The second kappa shape index (κ2) is 11.5. The normalized spacial score (nSPS) is 11.6. The Balaban J connectivity index is 2.14.